The first-order chi connectivity index (χ1) is 16.6. The summed E-state index contributed by atoms with van der Waals surface area (Å²) >= 11 is 0. The maximum absolute atomic E-state index is 13.5. The number of hydrogen-bond donors (Lipinski definition) is 0. The summed E-state index contributed by atoms with van der Waals surface area (Å²) < 4.78 is 14.7. The van der Waals surface area contributed by atoms with Gasteiger partial charge in [0.25, 0.3) is 5.65 Å². The number of hydrogen-bond acceptors (Lipinski definition) is 4. The van der Waals surface area contributed by atoms with Crippen LogP contribution in [0.4, 0.5) is 0 Å². The monoisotopic (exact) mass is 530 g/mol. The van der Waals surface area contributed by atoms with Crippen LogP contribution >= 0.6 is 0 Å². The molecule has 0 saturated carbocycles. The predicted octanol–water partition coefficient (Wildman–Crippen LogP) is 2.02. The summed E-state index contributed by atoms with van der Waals surface area (Å²) in [7, 11) is 0. The quantitative estimate of drug-likeness (QED) is 0.253. The Balaban J connectivity index is 0.00000253. The Morgan fingerprint density at radius 1 is 0.829 bits per heavy atom. The number of ether oxygens (including phenoxy) is 2. The summed E-state index contributed by atoms with van der Waals surface area (Å²) in [6.07, 6.45) is 0. The molecule has 0 radical (unpaired) electrons. The molecule has 0 saturated heterocycles. The summed E-state index contributed by atoms with van der Waals surface area (Å²) in [6, 6.07) is 22.2. The van der Waals surface area contributed by atoms with E-state index in [1.54, 1.807) is 6.92 Å². The molecule has 4 aromatic carbocycles. The number of esters is 2. The third-order valence-electron chi connectivity index (χ3n) is 6.45. The molecule has 35 heavy (non-hydrogen) atoms. The normalized spacial score (nSPS) is 11.5. The van der Waals surface area contributed by atoms with Gasteiger partial charge in [-0.2, -0.15) is 4.40 Å². The Kier molecular flexibility index (Phi) is 5.81. The second-order valence-electron chi connectivity index (χ2n) is 8.28. The smallest absolute Gasteiger partial charge is 0.379 e. The molecule has 0 aliphatic heterocycles. The summed E-state index contributed by atoms with van der Waals surface area (Å²) in [5.74, 6) is -0.715. The van der Waals surface area contributed by atoms with Gasteiger partial charge in [-0.1, -0.05) is 48.5 Å². The average molecular weight is 531 g/mol. The lowest BCUT2D eigenvalue weighted by Crippen LogP contribution is -3.00. The Bertz CT molecular complexity index is 1750. The number of pyridine rings is 1. The number of carbonyl (C=O) groups is 2. The van der Waals surface area contributed by atoms with E-state index in [9.17, 15) is 9.59 Å². The molecule has 0 fully saturated rings. The van der Waals surface area contributed by atoms with Gasteiger partial charge in [-0.3, -0.25) is 0 Å². The molecule has 6 nitrogen and oxygen atoms in total. The number of aromatic nitrogens is 2. The van der Waals surface area contributed by atoms with Crippen LogP contribution in [0.5, 0.6) is 0 Å². The second-order valence-corrected chi connectivity index (χ2v) is 8.28. The lowest BCUT2D eigenvalue weighted by molar-refractivity contribution is -0.634. The van der Waals surface area contributed by atoms with Gasteiger partial charge in [0.05, 0.1) is 13.2 Å². The molecule has 0 bridgehead atoms. The second kappa shape index (κ2) is 8.82. The van der Waals surface area contributed by atoms with Crippen molar-refractivity contribution in [3.63, 3.8) is 0 Å². The van der Waals surface area contributed by atoms with Crippen LogP contribution in [0.15, 0.2) is 66.7 Å². The fourth-order valence-corrected chi connectivity index (χ4v) is 5.22. The van der Waals surface area contributed by atoms with Crippen LogP contribution in [-0.2, 0) is 20.8 Å². The van der Waals surface area contributed by atoms with Crippen LogP contribution in [0.2, 0.25) is 0 Å². The van der Waals surface area contributed by atoms with E-state index in [2.05, 4.69) is 30.3 Å². The molecule has 0 unspecified atom stereocenters. The molecule has 2 heterocycles. The highest BCUT2D eigenvalue weighted by atomic mass is 79.9. The van der Waals surface area contributed by atoms with Crippen molar-refractivity contribution in [1.29, 1.82) is 0 Å². The molecule has 0 N–H and O–H groups in total. The van der Waals surface area contributed by atoms with E-state index in [1.165, 1.54) is 0 Å². The minimum atomic E-state index is -0.391. The van der Waals surface area contributed by atoms with Crippen molar-refractivity contribution in [2.45, 2.75) is 20.4 Å². The van der Waals surface area contributed by atoms with E-state index in [-0.39, 0.29) is 36.1 Å². The lowest BCUT2D eigenvalue weighted by atomic mass is 10.1. The van der Waals surface area contributed by atoms with E-state index in [0.29, 0.717) is 12.3 Å². The summed E-state index contributed by atoms with van der Waals surface area (Å²) in [5, 5.41) is 6.16. The van der Waals surface area contributed by atoms with Crippen molar-refractivity contribution < 1.29 is 40.6 Å². The minimum Gasteiger partial charge on any atom is -1.00 e. The van der Waals surface area contributed by atoms with Gasteiger partial charge in [-0.05, 0) is 47.5 Å². The van der Waals surface area contributed by atoms with Gasteiger partial charge in [-0.15, -0.1) is 0 Å². The first-order valence-corrected chi connectivity index (χ1v) is 11.5. The van der Waals surface area contributed by atoms with Gasteiger partial charge >= 0.3 is 11.9 Å². The van der Waals surface area contributed by atoms with Crippen molar-refractivity contribution in [2.24, 2.45) is 0 Å². The summed E-state index contributed by atoms with van der Waals surface area (Å²) in [4.78, 5) is 26.1. The summed E-state index contributed by atoms with van der Waals surface area (Å²) in [6.45, 7) is 4.22. The van der Waals surface area contributed by atoms with Gasteiger partial charge in [0.15, 0.2) is 17.6 Å². The maximum Gasteiger partial charge on any atom is 0.379 e. The zero-order valence-corrected chi connectivity index (χ0v) is 21.0. The molecule has 0 aliphatic carbocycles. The van der Waals surface area contributed by atoms with Gasteiger partial charge < -0.3 is 26.5 Å². The van der Waals surface area contributed by atoms with Gasteiger partial charge in [0, 0.05) is 16.8 Å². The number of para-hydroxylation sites is 2. The zero-order chi connectivity index (χ0) is 23.4. The number of carbonyl (C=O) groups excluding carboxylic acids is 2. The highest BCUT2D eigenvalue weighted by molar-refractivity contribution is 6.33. The number of imidazole rings is 1. The van der Waals surface area contributed by atoms with E-state index < -0.39 is 5.97 Å². The molecular formula is C28H23BrN2O4. The maximum atomic E-state index is 13.5. The molecule has 0 aliphatic rings. The highest BCUT2D eigenvalue weighted by Crippen LogP contribution is 2.41. The van der Waals surface area contributed by atoms with Crippen molar-refractivity contribution in [3.8, 4) is 0 Å². The molecule has 7 heteroatoms. The lowest BCUT2D eigenvalue weighted by Gasteiger charge is -2.05. The van der Waals surface area contributed by atoms with Crippen LogP contribution in [0.3, 0.4) is 0 Å². The zero-order valence-electron chi connectivity index (χ0n) is 19.4. The molecule has 6 rings (SSSR count). The predicted molar refractivity (Wildman–Crippen MR) is 131 cm³/mol. The van der Waals surface area contributed by atoms with E-state index in [1.807, 2.05) is 52.3 Å². The molecule has 0 spiro atoms. The van der Waals surface area contributed by atoms with E-state index >= 15 is 0 Å². The number of benzene rings is 3. The van der Waals surface area contributed by atoms with Crippen LogP contribution in [0, 0.1) is 0 Å². The van der Waals surface area contributed by atoms with Gasteiger partial charge in [-0.25, -0.2) is 14.2 Å². The SMILES string of the molecule is CCOC(=O)C[n+]1c2ccccc2n2c(C(=O)OCC)c3c(cc21)c1cccc2cccc3c21.[Br-]. The van der Waals surface area contributed by atoms with Crippen LogP contribution in [0.25, 0.3) is 49.0 Å². The number of halogens is 1. The topological polar surface area (TPSA) is 60.9 Å². The van der Waals surface area contributed by atoms with Crippen molar-refractivity contribution in [3.05, 3.63) is 72.4 Å². The third kappa shape index (κ3) is 3.33. The Morgan fingerprint density at radius 2 is 1.54 bits per heavy atom. The number of fused-ring (bicyclic) bond motifs is 6. The average Bonchev–Trinajstić information content (AvgIpc) is 3.33. The van der Waals surface area contributed by atoms with E-state index in [0.717, 1.165) is 49.0 Å². The van der Waals surface area contributed by atoms with Crippen molar-refractivity contribution in [2.75, 3.05) is 13.2 Å². The number of rotatable bonds is 5. The van der Waals surface area contributed by atoms with Gasteiger partial charge in [0.2, 0.25) is 5.69 Å². The highest BCUT2D eigenvalue weighted by Gasteiger charge is 2.32. The van der Waals surface area contributed by atoms with E-state index in [4.69, 9.17) is 9.47 Å². The molecule has 0 atom stereocenters. The largest absolute Gasteiger partial charge is 1.00 e. The van der Waals surface area contributed by atoms with Crippen LogP contribution < -0.4 is 21.5 Å². The Hall–Kier alpha value is -3.71. The first-order valence-electron chi connectivity index (χ1n) is 11.5. The standard InChI is InChI=1S/C28H23N2O4.BrH/c1-3-33-24(31)16-29-21-13-5-6-14-22(21)30-23(29)15-20-18-11-7-9-17-10-8-12-19(25(17)18)26(20)27(30)28(32)34-4-2;/h5-15H,3-4,16H2,1-2H3;1H/q+1;/p-1. The summed E-state index contributed by atoms with van der Waals surface area (Å²) in [5.41, 5.74) is 2.88. The van der Waals surface area contributed by atoms with Crippen molar-refractivity contribution >= 4 is 60.9 Å². The molecule has 6 aromatic rings. The van der Waals surface area contributed by atoms with Gasteiger partial charge in [0.1, 0.15) is 0 Å². The fraction of sp³-hybridized carbons (Fsp3) is 0.179. The van der Waals surface area contributed by atoms with Crippen LogP contribution in [-0.4, -0.2) is 29.6 Å². The number of nitrogens with zero attached hydrogens (tertiary/aromatic N) is 2. The molecule has 0 amide bonds. The minimum absolute atomic E-state index is 0. The van der Waals surface area contributed by atoms with Crippen LogP contribution in [0.1, 0.15) is 24.3 Å². The molecule has 2 aromatic heterocycles. The first kappa shape index (κ1) is 23.1. The molecule has 176 valence electrons. The van der Waals surface area contributed by atoms with Crippen molar-refractivity contribution in [1.82, 2.24) is 4.40 Å². The fourth-order valence-electron chi connectivity index (χ4n) is 5.22. The Labute approximate surface area is 211 Å². The third-order valence-corrected chi connectivity index (χ3v) is 6.45. The molecular weight excluding hydrogens is 508 g/mol. The Morgan fingerprint density at radius 3 is 2.29 bits per heavy atom.